The Morgan fingerprint density at radius 1 is 1.45 bits per heavy atom. The van der Waals surface area contributed by atoms with Gasteiger partial charge in [0.15, 0.2) is 5.96 Å². The van der Waals surface area contributed by atoms with Crippen LogP contribution in [0.2, 0.25) is 0 Å². The smallest absolute Gasteiger partial charge is 0.241 e. The second kappa shape index (κ2) is 9.06. The number of nitrogens with zero attached hydrogens (tertiary/aromatic N) is 4. The maximum atomic E-state index is 11.5. The van der Waals surface area contributed by atoms with E-state index in [0.29, 0.717) is 5.96 Å². The van der Waals surface area contributed by atoms with Crippen LogP contribution in [-0.2, 0) is 4.79 Å². The van der Waals surface area contributed by atoms with E-state index in [1.807, 2.05) is 13.8 Å². The lowest BCUT2D eigenvalue weighted by Crippen LogP contribution is -2.43. The van der Waals surface area contributed by atoms with Crippen LogP contribution in [-0.4, -0.2) is 54.7 Å². The van der Waals surface area contributed by atoms with E-state index in [2.05, 4.69) is 25.8 Å². The Bertz CT molecular complexity index is 462. The molecule has 1 aromatic rings. The predicted octanol–water partition coefficient (Wildman–Crippen LogP) is 0.779. The number of halogens is 1. The van der Waals surface area contributed by atoms with Crippen molar-refractivity contribution in [2.24, 2.45) is 4.99 Å². The van der Waals surface area contributed by atoms with Crippen LogP contribution in [0.15, 0.2) is 4.99 Å². The molecule has 0 aliphatic heterocycles. The molecule has 0 radical (unpaired) electrons. The number of hydrogen-bond acceptors (Lipinski definition) is 5. The number of likely N-dealkylation sites (N-methyl/N-ethyl adjacent to an activating group) is 1. The van der Waals surface area contributed by atoms with E-state index in [1.54, 1.807) is 21.1 Å². The highest BCUT2D eigenvalue weighted by molar-refractivity contribution is 14.0. The van der Waals surface area contributed by atoms with Gasteiger partial charge in [-0.2, -0.15) is 0 Å². The van der Waals surface area contributed by atoms with Crippen molar-refractivity contribution in [1.82, 2.24) is 25.7 Å². The number of aliphatic imine (C=N–C) groups is 1. The van der Waals surface area contributed by atoms with Crippen LogP contribution in [0.4, 0.5) is 0 Å². The number of aryl methyl sites for hydroxylation is 1. The van der Waals surface area contributed by atoms with Crippen molar-refractivity contribution in [2.45, 2.75) is 19.9 Å². The molecule has 114 valence electrons. The highest BCUT2D eigenvalue weighted by Gasteiger charge is 2.13. The van der Waals surface area contributed by atoms with Crippen molar-refractivity contribution in [3.8, 4) is 0 Å². The summed E-state index contributed by atoms with van der Waals surface area (Å²) in [5, 5.41) is 16.0. The second-order valence-corrected chi connectivity index (χ2v) is 5.45. The third-order valence-corrected chi connectivity index (χ3v) is 3.42. The van der Waals surface area contributed by atoms with Gasteiger partial charge in [0.2, 0.25) is 5.91 Å². The monoisotopic (exact) mass is 412 g/mol. The minimum atomic E-state index is -0.0117. The maximum Gasteiger partial charge on any atom is 0.241 e. The summed E-state index contributed by atoms with van der Waals surface area (Å²) < 4.78 is 0. The van der Waals surface area contributed by atoms with Crippen LogP contribution < -0.4 is 10.6 Å². The average Bonchev–Trinajstić information content (AvgIpc) is 2.80. The van der Waals surface area contributed by atoms with Crippen molar-refractivity contribution in [1.29, 1.82) is 0 Å². The normalized spacial score (nSPS) is 12.3. The van der Waals surface area contributed by atoms with Gasteiger partial charge in [0.05, 0.1) is 12.6 Å². The standard InChI is InChI=1S/C11H20N6OS.HI/c1-7(10-16-15-8(2)19-10)14-11(12-3)13-6-9(18)17(4)5;/h7H,6H2,1-5H3,(H2,12,13,14);1H. The molecule has 1 amide bonds. The maximum absolute atomic E-state index is 11.5. The summed E-state index contributed by atoms with van der Waals surface area (Å²) in [4.78, 5) is 17.1. The third-order valence-electron chi connectivity index (χ3n) is 2.39. The Balaban J connectivity index is 0.00000361. The molecule has 0 aliphatic carbocycles. The van der Waals surface area contributed by atoms with Gasteiger partial charge in [-0.3, -0.25) is 9.79 Å². The van der Waals surface area contributed by atoms with Crippen LogP contribution in [0.1, 0.15) is 23.0 Å². The topological polar surface area (TPSA) is 82.5 Å². The number of rotatable bonds is 4. The zero-order valence-electron chi connectivity index (χ0n) is 12.3. The molecule has 1 aromatic heterocycles. The van der Waals surface area contributed by atoms with Crippen molar-refractivity contribution >= 4 is 47.2 Å². The van der Waals surface area contributed by atoms with Crippen LogP contribution in [0.3, 0.4) is 0 Å². The van der Waals surface area contributed by atoms with Gasteiger partial charge in [-0.15, -0.1) is 34.2 Å². The summed E-state index contributed by atoms with van der Waals surface area (Å²) in [6.07, 6.45) is 0. The molecule has 0 aromatic carbocycles. The first-order valence-corrected chi connectivity index (χ1v) is 6.73. The van der Waals surface area contributed by atoms with E-state index in [4.69, 9.17) is 0 Å². The largest absolute Gasteiger partial charge is 0.347 e. The second-order valence-electron chi connectivity index (χ2n) is 4.24. The SMILES string of the molecule is CN=C(NCC(=O)N(C)C)NC(C)c1nnc(C)s1.I. The first-order valence-electron chi connectivity index (χ1n) is 5.91. The minimum Gasteiger partial charge on any atom is -0.347 e. The van der Waals surface area contributed by atoms with E-state index < -0.39 is 0 Å². The van der Waals surface area contributed by atoms with Gasteiger partial charge in [-0.05, 0) is 13.8 Å². The van der Waals surface area contributed by atoms with Crippen LogP contribution in [0.25, 0.3) is 0 Å². The number of hydrogen-bond donors (Lipinski definition) is 2. The molecule has 0 saturated heterocycles. The third kappa shape index (κ3) is 5.99. The summed E-state index contributed by atoms with van der Waals surface area (Å²) in [6.45, 7) is 4.09. The van der Waals surface area contributed by atoms with Gasteiger partial charge in [0, 0.05) is 21.1 Å². The van der Waals surface area contributed by atoms with E-state index in [1.165, 1.54) is 16.2 Å². The molecule has 0 spiro atoms. The van der Waals surface area contributed by atoms with Crippen molar-refractivity contribution in [3.05, 3.63) is 10.0 Å². The zero-order chi connectivity index (χ0) is 14.4. The molecule has 0 fully saturated rings. The zero-order valence-corrected chi connectivity index (χ0v) is 15.4. The molecule has 9 heteroatoms. The molecule has 1 rings (SSSR count). The van der Waals surface area contributed by atoms with Crippen LogP contribution in [0, 0.1) is 6.92 Å². The number of aromatic nitrogens is 2. The van der Waals surface area contributed by atoms with Crippen molar-refractivity contribution < 1.29 is 4.79 Å². The first-order chi connectivity index (χ1) is 8.93. The van der Waals surface area contributed by atoms with Gasteiger partial charge in [0.25, 0.3) is 0 Å². The van der Waals surface area contributed by atoms with Crippen molar-refractivity contribution in [3.63, 3.8) is 0 Å². The van der Waals surface area contributed by atoms with Gasteiger partial charge >= 0.3 is 0 Å². The molecule has 1 unspecified atom stereocenters. The predicted molar refractivity (Wildman–Crippen MR) is 91.7 cm³/mol. The lowest BCUT2D eigenvalue weighted by molar-refractivity contribution is -0.127. The van der Waals surface area contributed by atoms with Crippen molar-refractivity contribution in [2.75, 3.05) is 27.7 Å². The highest BCUT2D eigenvalue weighted by atomic mass is 127. The number of guanidine groups is 1. The Labute approximate surface area is 140 Å². The lowest BCUT2D eigenvalue weighted by Gasteiger charge is -2.17. The summed E-state index contributed by atoms with van der Waals surface area (Å²) >= 11 is 1.53. The molecule has 7 nitrogen and oxygen atoms in total. The molecule has 0 saturated carbocycles. The first kappa shape index (κ1) is 19.0. The fourth-order valence-corrected chi connectivity index (χ4v) is 1.97. The molecule has 1 heterocycles. The number of nitrogens with one attached hydrogen (secondary N) is 2. The highest BCUT2D eigenvalue weighted by Crippen LogP contribution is 2.16. The molecular weight excluding hydrogens is 391 g/mol. The molecule has 0 aliphatic rings. The molecule has 1 atom stereocenters. The summed E-state index contributed by atoms with van der Waals surface area (Å²) in [5.74, 6) is 0.554. The average molecular weight is 412 g/mol. The molecule has 20 heavy (non-hydrogen) atoms. The van der Waals surface area contributed by atoms with Gasteiger partial charge < -0.3 is 15.5 Å². The van der Waals surface area contributed by atoms with Crippen LogP contribution in [0.5, 0.6) is 0 Å². The Kier molecular flexibility index (Phi) is 8.62. The Hall–Kier alpha value is -0.970. The van der Waals surface area contributed by atoms with E-state index in [9.17, 15) is 4.79 Å². The Morgan fingerprint density at radius 3 is 2.55 bits per heavy atom. The van der Waals surface area contributed by atoms with Gasteiger partial charge in [-0.25, -0.2) is 0 Å². The minimum absolute atomic E-state index is 0. The fourth-order valence-electron chi connectivity index (χ4n) is 1.27. The number of amides is 1. The van der Waals surface area contributed by atoms with Crippen LogP contribution >= 0.6 is 35.3 Å². The summed E-state index contributed by atoms with van der Waals surface area (Å²) in [7, 11) is 5.09. The molecule has 0 bridgehead atoms. The lowest BCUT2D eigenvalue weighted by atomic mass is 10.3. The number of carbonyl (C=O) groups excluding carboxylic acids is 1. The summed E-state index contributed by atoms with van der Waals surface area (Å²) in [5.41, 5.74) is 0. The van der Waals surface area contributed by atoms with E-state index in [0.717, 1.165) is 10.0 Å². The van der Waals surface area contributed by atoms with E-state index >= 15 is 0 Å². The fraction of sp³-hybridized carbons (Fsp3) is 0.636. The quantitative estimate of drug-likeness (QED) is 0.434. The molecular formula is C11H21IN6OS. The summed E-state index contributed by atoms with van der Waals surface area (Å²) in [6, 6.07) is -0.00754. The van der Waals surface area contributed by atoms with E-state index in [-0.39, 0.29) is 42.5 Å². The van der Waals surface area contributed by atoms with Gasteiger partial charge in [0.1, 0.15) is 10.0 Å². The van der Waals surface area contributed by atoms with Gasteiger partial charge in [-0.1, -0.05) is 11.3 Å². The number of carbonyl (C=O) groups is 1. The Morgan fingerprint density at radius 2 is 2.10 bits per heavy atom. The molecule has 2 N–H and O–H groups in total.